The van der Waals surface area contributed by atoms with Crippen molar-refractivity contribution in [3.8, 4) is 11.4 Å². The molecule has 0 saturated carbocycles. The van der Waals surface area contributed by atoms with Gasteiger partial charge in [-0.25, -0.2) is 18.6 Å². The van der Waals surface area contributed by atoms with Gasteiger partial charge >= 0.3 is 5.69 Å². The normalized spacial score (nSPS) is 10.8. The molecule has 0 saturated heterocycles. The predicted octanol–water partition coefficient (Wildman–Crippen LogP) is 0.0656. The van der Waals surface area contributed by atoms with Gasteiger partial charge in [0.2, 0.25) is 5.95 Å². The molecule has 0 atom stereocenters. The number of aromatic hydroxyl groups is 1. The minimum atomic E-state index is -0.861. The molecule has 0 fully saturated rings. The van der Waals surface area contributed by atoms with E-state index in [-0.39, 0.29) is 17.3 Å². The van der Waals surface area contributed by atoms with E-state index >= 15 is 0 Å². The van der Waals surface area contributed by atoms with Crippen molar-refractivity contribution in [2.75, 3.05) is 11.1 Å². The first-order valence-electron chi connectivity index (χ1n) is 6.43. The van der Waals surface area contributed by atoms with E-state index in [1.807, 2.05) is 0 Å². The number of tetrazole rings is 1. The predicted molar refractivity (Wildman–Crippen MR) is 77.9 cm³/mol. The van der Waals surface area contributed by atoms with Crippen LogP contribution in [-0.4, -0.2) is 34.9 Å². The third-order valence-corrected chi connectivity index (χ3v) is 3.03. The lowest BCUT2D eigenvalue weighted by molar-refractivity contribution is 0.463. The molecule has 0 aliphatic rings. The molecular weight excluding hydrogens is 326 g/mol. The van der Waals surface area contributed by atoms with Gasteiger partial charge in [-0.2, -0.15) is 14.3 Å². The standard InChI is InChI=1S/C12H10F2N8O2/c1-21-12(24)22(20-19-21)8-3-7(5(13)2-9(8)23)17-11-16-4-6(14)10(15)18-11/h2-4,23H,1H3,(H3,15,16,17,18). The van der Waals surface area contributed by atoms with E-state index in [9.17, 15) is 18.7 Å². The maximum atomic E-state index is 14.0. The second kappa shape index (κ2) is 5.57. The Hall–Kier alpha value is -3.57. The Bertz CT molecular complexity index is 984. The fraction of sp³-hybridized carbons (Fsp3) is 0.0833. The van der Waals surface area contributed by atoms with Crippen molar-refractivity contribution in [2.45, 2.75) is 0 Å². The summed E-state index contributed by atoms with van der Waals surface area (Å²) in [4.78, 5) is 19.1. The fourth-order valence-corrected chi connectivity index (χ4v) is 1.84. The number of nitrogens with one attached hydrogen (secondary N) is 1. The third kappa shape index (κ3) is 2.60. The van der Waals surface area contributed by atoms with E-state index in [4.69, 9.17) is 5.73 Å². The van der Waals surface area contributed by atoms with Crippen LogP contribution < -0.4 is 16.7 Å². The fourth-order valence-electron chi connectivity index (χ4n) is 1.84. The highest BCUT2D eigenvalue weighted by Crippen LogP contribution is 2.28. The molecule has 0 radical (unpaired) electrons. The highest BCUT2D eigenvalue weighted by atomic mass is 19.1. The maximum Gasteiger partial charge on any atom is 0.368 e. The van der Waals surface area contributed by atoms with Crippen LogP contribution in [0.2, 0.25) is 0 Å². The Morgan fingerprint density at radius 3 is 2.62 bits per heavy atom. The van der Waals surface area contributed by atoms with Crippen molar-refractivity contribution >= 4 is 17.5 Å². The van der Waals surface area contributed by atoms with E-state index in [2.05, 4.69) is 25.7 Å². The van der Waals surface area contributed by atoms with Gasteiger partial charge in [0, 0.05) is 13.1 Å². The molecule has 2 aromatic heterocycles. The van der Waals surface area contributed by atoms with Crippen LogP contribution in [-0.2, 0) is 7.05 Å². The minimum absolute atomic E-state index is 0.118. The van der Waals surface area contributed by atoms with Crippen LogP contribution in [0, 0.1) is 11.6 Å². The van der Waals surface area contributed by atoms with Gasteiger partial charge in [0.05, 0.1) is 11.9 Å². The number of rotatable bonds is 3. The number of anilines is 3. The second-order valence-corrected chi connectivity index (χ2v) is 4.67. The van der Waals surface area contributed by atoms with Crippen LogP contribution in [0.1, 0.15) is 0 Å². The number of nitrogens with zero attached hydrogens (tertiary/aromatic N) is 6. The molecule has 4 N–H and O–H groups in total. The Balaban J connectivity index is 2.05. The van der Waals surface area contributed by atoms with Crippen LogP contribution in [0.25, 0.3) is 5.69 Å². The largest absolute Gasteiger partial charge is 0.506 e. The van der Waals surface area contributed by atoms with Crippen LogP contribution >= 0.6 is 0 Å². The molecule has 10 nitrogen and oxygen atoms in total. The van der Waals surface area contributed by atoms with Gasteiger partial charge in [0.1, 0.15) is 11.4 Å². The topological polar surface area (TPSA) is 137 Å². The number of hydrogen-bond donors (Lipinski definition) is 3. The van der Waals surface area contributed by atoms with E-state index in [0.29, 0.717) is 0 Å². The van der Waals surface area contributed by atoms with Gasteiger partial charge < -0.3 is 16.2 Å². The molecule has 2 heterocycles. The number of aromatic nitrogens is 6. The maximum absolute atomic E-state index is 14.0. The first-order valence-corrected chi connectivity index (χ1v) is 6.43. The van der Waals surface area contributed by atoms with E-state index in [0.717, 1.165) is 27.7 Å². The lowest BCUT2D eigenvalue weighted by Gasteiger charge is -2.10. The SMILES string of the molecule is Cn1nnn(-c2cc(Nc3ncc(F)c(N)n3)c(F)cc2O)c1=O. The Kier molecular flexibility index (Phi) is 3.56. The van der Waals surface area contributed by atoms with Gasteiger partial charge in [0.15, 0.2) is 17.5 Å². The lowest BCUT2D eigenvalue weighted by atomic mass is 10.2. The third-order valence-electron chi connectivity index (χ3n) is 3.03. The molecule has 3 aromatic rings. The molecule has 1 aromatic carbocycles. The van der Waals surface area contributed by atoms with E-state index < -0.39 is 28.9 Å². The van der Waals surface area contributed by atoms with Crippen LogP contribution in [0.5, 0.6) is 5.75 Å². The molecule has 0 unspecified atom stereocenters. The number of benzene rings is 1. The number of nitrogens with two attached hydrogens (primary N) is 1. The smallest absolute Gasteiger partial charge is 0.368 e. The minimum Gasteiger partial charge on any atom is -0.506 e. The number of hydrogen-bond acceptors (Lipinski definition) is 8. The summed E-state index contributed by atoms with van der Waals surface area (Å²) in [7, 11) is 1.36. The first kappa shape index (κ1) is 15.3. The van der Waals surface area contributed by atoms with Gasteiger partial charge in [-0.15, -0.1) is 0 Å². The molecule has 12 heteroatoms. The van der Waals surface area contributed by atoms with Gasteiger partial charge in [-0.1, -0.05) is 0 Å². The summed E-state index contributed by atoms with van der Waals surface area (Å²) in [5.74, 6) is -2.80. The van der Waals surface area contributed by atoms with Gasteiger partial charge in [0.25, 0.3) is 0 Å². The lowest BCUT2D eigenvalue weighted by Crippen LogP contribution is -2.22. The van der Waals surface area contributed by atoms with E-state index in [1.165, 1.54) is 7.05 Å². The Labute approximate surface area is 132 Å². The van der Waals surface area contributed by atoms with Crippen molar-refractivity contribution in [1.29, 1.82) is 0 Å². The zero-order valence-electron chi connectivity index (χ0n) is 12.1. The number of aryl methyl sites for hydroxylation is 1. The summed E-state index contributed by atoms with van der Waals surface area (Å²) in [6.07, 6.45) is 0.817. The molecule has 0 bridgehead atoms. The quantitative estimate of drug-likeness (QED) is 0.571. The highest BCUT2D eigenvalue weighted by Gasteiger charge is 2.16. The number of halogens is 2. The Morgan fingerprint density at radius 1 is 1.25 bits per heavy atom. The summed E-state index contributed by atoms with van der Waals surface area (Å²) >= 11 is 0. The highest BCUT2D eigenvalue weighted by molar-refractivity contribution is 5.63. The van der Waals surface area contributed by atoms with Crippen molar-refractivity contribution in [3.63, 3.8) is 0 Å². The van der Waals surface area contributed by atoms with Crippen LogP contribution in [0.3, 0.4) is 0 Å². The summed E-state index contributed by atoms with van der Waals surface area (Å²) in [5, 5.41) is 19.4. The van der Waals surface area contributed by atoms with Crippen LogP contribution in [0.15, 0.2) is 23.1 Å². The molecule has 0 amide bonds. The summed E-state index contributed by atoms with van der Waals surface area (Å²) in [5.41, 5.74) is 4.36. The second-order valence-electron chi connectivity index (χ2n) is 4.67. The van der Waals surface area contributed by atoms with Crippen molar-refractivity contribution < 1.29 is 13.9 Å². The molecular formula is C12H10F2N8O2. The number of nitrogen functional groups attached to an aromatic ring is 1. The first-order chi connectivity index (χ1) is 11.4. The number of phenols is 1. The van der Waals surface area contributed by atoms with Crippen molar-refractivity contribution in [1.82, 2.24) is 29.8 Å². The monoisotopic (exact) mass is 336 g/mol. The van der Waals surface area contributed by atoms with Gasteiger partial charge in [-0.05, 0) is 16.5 Å². The van der Waals surface area contributed by atoms with Crippen molar-refractivity contribution in [3.05, 3.63) is 40.4 Å². The van der Waals surface area contributed by atoms with Crippen LogP contribution in [0.4, 0.5) is 26.2 Å². The molecule has 124 valence electrons. The average Bonchev–Trinajstić information content (AvgIpc) is 2.86. The van der Waals surface area contributed by atoms with E-state index in [1.54, 1.807) is 0 Å². The molecule has 24 heavy (non-hydrogen) atoms. The zero-order chi connectivity index (χ0) is 17.4. The molecule has 0 aliphatic heterocycles. The van der Waals surface area contributed by atoms with Gasteiger partial charge in [-0.3, -0.25) is 0 Å². The summed E-state index contributed by atoms with van der Waals surface area (Å²) in [6.45, 7) is 0. The summed E-state index contributed by atoms with van der Waals surface area (Å²) < 4.78 is 28.8. The zero-order valence-corrected chi connectivity index (χ0v) is 12.1. The molecule has 3 rings (SSSR count). The molecule has 0 spiro atoms. The van der Waals surface area contributed by atoms with Crippen molar-refractivity contribution in [2.24, 2.45) is 7.05 Å². The molecule has 0 aliphatic carbocycles. The summed E-state index contributed by atoms with van der Waals surface area (Å²) in [6, 6.07) is 1.87. The average molecular weight is 336 g/mol. The Morgan fingerprint density at radius 2 is 2.00 bits per heavy atom. The number of phenolic OH excluding ortho intramolecular Hbond substituents is 1.